The standard InChI is InChI=1S/C18H18ClN3O2S/c19-14-7-2-1-6-13(14)16-9-5-11-22(16)12-18-20-15-8-3-4-10-17(15)25(23,24)21-18/h1-4,6-8,10,16H,5,9,11-12H2,(H,20,21). The minimum absolute atomic E-state index is 0.179. The van der Waals surface area contributed by atoms with Crippen LogP contribution in [0.4, 0.5) is 5.69 Å². The maximum Gasteiger partial charge on any atom is 0.286 e. The first-order valence-corrected chi connectivity index (χ1v) is 10.0. The first-order chi connectivity index (χ1) is 12.0. The van der Waals surface area contributed by atoms with Gasteiger partial charge in [0.15, 0.2) is 0 Å². The lowest BCUT2D eigenvalue weighted by atomic mass is 10.0. The third-order valence-corrected chi connectivity index (χ3v) is 6.37. The average Bonchev–Trinajstić information content (AvgIpc) is 3.02. The fourth-order valence-electron chi connectivity index (χ4n) is 3.54. The zero-order valence-electron chi connectivity index (χ0n) is 13.5. The second-order valence-electron chi connectivity index (χ2n) is 6.28. The van der Waals surface area contributed by atoms with Crippen LogP contribution >= 0.6 is 11.6 Å². The van der Waals surface area contributed by atoms with Crippen LogP contribution < -0.4 is 5.32 Å². The Labute approximate surface area is 152 Å². The Hall–Kier alpha value is -1.89. The van der Waals surface area contributed by atoms with E-state index in [4.69, 9.17) is 11.6 Å². The Morgan fingerprint density at radius 1 is 1.16 bits per heavy atom. The summed E-state index contributed by atoms with van der Waals surface area (Å²) in [4.78, 5) is 2.46. The van der Waals surface area contributed by atoms with Crippen molar-refractivity contribution >= 4 is 33.1 Å². The van der Waals surface area contributed by atoms with Crippen molar-refractivity contribution in [2.24, 2.45) is 4.40 Å². The molecule has 2 aromatic rings. The molecule has 2 aromatic carbocycles. The number of hydrogen-bond donors (Lipinski definition) is 1. The summed E-state index contributed by atoms with van der Waals surface area (Å²) in [7, 11) is -3.65. The highest BCUT2D eigenvalue weighted by atomic mass is 35.5. The molecule has 0 saturated carbocycles. The summed E-state index contributed by atoms with van der Waals surface area (Å²) in [6, 6.07) is 14.9. The third kappa shape index (κ3) is 3.17. The molecule has 2 aliphatic rings. The zero-order chi connectivity index (χ0) is 17.4. The van der Waals surface area contributed by atoms with E-state index in [0.717, 1.165) is 30.0 Å². The van der Waals surface area contributed by atoms with Crippen LogP contribution in [0.2, 0.25) is 5.02 Å². The molecular weight excluding hydrogens is 358 g/mol. The van der Waals surface area contributed by atoms with E-state index in [9.17, 15) is 8.42 Å². The van der Waals surface area contributed by atoms with Crippen molar-refractivity contribution in [1.29, 1.82) is 0 Å². The Morgan fingerprint density at radius 3 is 2.76 bits per heavy atom. The molecule has 25 heavy (non-hydrogen) atoms. The molecule has 1 fully saturated rings. The van der Waals surface area contributed by atoms with Gasteiger partial charge in [-0.25, -0.2) is 0 Å². The Bertz CT molecular complexity index is 943. The van der Waals surface area contributed by atoms with E-state index in [-0.39, 0.29) is 10.9 Å². The van der Waals surface area contributed by atoms with Crippen LogP contribution in [0.3, 0.4) is 0 Å². The van der Waals surface area contributed by atoms with Crippen molar-refractivity contribution in [2.75, 3.05) is 18.4 Å². The lowest BCUT2D eigenvalue weighted by molar-refractivity contribution is 0.294. The molecule has 1 N–H and O–H groups in total. The van der Waals surface area contributed by atoms with E-state index in [2.05, 4.69) is 14.6 Å². The molecule has 7 heteroatoms. The number of rotatable bonds is 3. The molecule has 0 spiro atoms. The van der Waals surface area contributed by atoms with E-state index in [1.165, 1.54) is 0 Å². The first kappa shape index (κ1) is 16.6. The van der Waals surface area contributed by atoms with Gasteiger partial charge in [-0.3, -0.25) is 4.90 Å². The summed E-state index contributed by atoms with van der Waals surface area (Å²) in [6.45, 7) is 1.34. The number of hydrogen-bond acceptors (Lipinski definition) is 4. The van der Waals surface area contributed by atoms with Crippen LogP contribution in [-0.4, -0.2) is 32.2 Å². The van der Waals surface area contributed by atoms with E-state index >= 15 is 0 Å². The molecule has 1 atom stereocenters. The molecule has 1 saturated heterocycles. The minimum Gasteiger partial charge on any atom is -0.341 e. The Kier molecular flexibility index (Phi) is 4.27. The first-order valence-electron chi connectivity index (χ1n) is 8.23. The molecule has 0 amide bonds. The molecule has 2 aliphatic heterocycles. The molecule has 1 unspecified atom stereocenters. The summed E-state index contributed by atoms with van der Waals surface area (Å²) in [5.74, 6) is 0.456. The van der Waals surface area contributed by atoms with Gasteiger partial charge in [-0.2, -0.15) is 8.42 Å². The fraction of sp³-hybridized carbons (Fsp3) is 0.278. The third-order valence-electron chi connectivity index (χ3n) is 4.66. The second kappa shape index (κ2) is 6.44. The largest absolute Gasteiger partial charge is 0.341 e. The van der Waals surface area contributed by atoms with Crippen LogP contribution in [0.25, 0.3) is 0 Å². The van der Waals surface area contributed by atoms with Gasteiger partial charge in [-0.1, -0.05) is 41.9 Å². The number of benzene rings is 2. The normalized spacial score (nSPS) is 22.1. The van der Waals surface area contributed by atoms with E-state index in [0.29, 0.717) is 18.1 Å². The molecule has 0 radical (unpaired) electrons. The molecule has 4 rings (SSSR count). The molecule has 0 aromatic heterocycles. The number of nitrogens with one attached hydrogen (secondary N) is 1. The van der Waals surface area contributed by atoms with Crippen LogP contribution in [0.1, 0.15) is 24.4 Å². The number of anilines is 1. The molecule has 2 heterocycles. The van der Waals surface area contributed by atoms with Crippen LogP contribution in [0.5, 0.6) is 0 Å². The lowest BCUT2D eigenvalue weighted by Gasteiger charge is -2.27. The van der Waals surface area contributed by atoms with Gasteiger partial charge in [0.05, 0.1) is 12.2 Å². The smallest absolute Gasteiger partial charge is 0.286 e. The van der Waals surface area contributed by atoms with Crippen molar-refractivity contribution in [3.63, 3.8) is 0 Å². The van der Waals surface area contributed by atoms with Crippen LogP contribution in [0.15, 0.2) is 57.8 Å². The average molecular weight is 376 g/mol. The SMILES string of the molecule is O=S1(=O)N=C(CN2CCCC2c2ccccc2Cl)Nc2ccccc21. The summed E-state index contributed by atoms with van der Waals surface area (Å²) in [5, 5.41) is 3.91. The van der Waals surface area contributed by atoms with E-state index < -0.39 is 10.0 Å². The number of halogens is 1. The highest BCUT2D eigenvalue weighted by Gasteiger charge is 2.31. The quantitative estimate of drug-likeness (QED) is 0.888. The molecule has 0 aliphatic carbocycles. The van der Waals surface area contributed by atoms with Gasteiger partial charge in [0.1, 0.15) is 10.7 Å². The number of likely N-dealkylation sites (tertiary alicyclic amines) is 1. The maximum absolute atomic E-state index is 12.4. The van der Waals surface area contributed by atoms with Crippen molar-refractivity contribution in [3.05, 3.63) is 59.1 Å². The summed E-state index contributed by atoms with van der Waals surface area (Å²) >= 11 is 6.36. The van der Waals surface area contributed by atoms with Crippen molar-refractivity contribution in [1.82, 2.24) is 4.90 Å². The van der Waals surface area contributed by atoms with Crippen LogP contribution in [-0.2, 0) is 10.0 Å². The van der Waals surface area contributed by atoms with E-state index in [1.807, 2.05) is 30.3 Å². The van der Waals surface area contributed by atoms with Gasteiger partial charge in [-0.05, 0) is 43.1 Å². The predicted octanol–water partition coefficient (Wildman–Crippen LogP) is 3.69. The molecule has 130 valence electrons. The number of fused-ring (bicyclic) bond motifs is 1. The highest BCUT2D eigenvalue weighted by molar-refractivity contribution is 7.90. The van der Waals surface area contributed by atoms with E-state index in [1.54, 1.807) is 18.2 Å². The van der Waals surface area contributed by atoms with Gasteiger partial charge in [0.25, 0.3) is 10.0 Å². The van der Waals surface area contributed by atoms with Crippen molar-refractivity contribution in [2.45, 2.75) is 23.8 Å². The fourth-order valence-corrected chi connectivity index (χ4v) is 4.94. The van der Waals surface area contributed by atoms with Gasteiger partial charge < -0.3 is 5.32 Å². The highest BCUT2D eigenvalue weighted by Crippen LogP contribution is 2.36. The number of amidine groups is 1. The summed E-state index contributed by atoms with van der Waals surface area (Å²) < 4.78 is 28.8. The van der Waals surface area contributed by atoms with Crippen molar-refractivity contribution < 1.29 is 8.42 Å². The summed E-state index contributed by atoms with van der Waals surface area (Å²) in [6.07, 6.45) is 2.05. The number of nitrogens with zero attached hydrogens (tertiary/aromatic N) is 2. The minimum atomic E-state index is -3.65. The van der Waals surface area contributed by atoms with Crippen molar-refractivity contribution in [3.8, 4) is 0 Å². The van der Waals surface area contributed by atoms with Gasteiger partial charge >= 0.3 is 0 Å². The Balaban J connectivity index is 1.60. The number of para-hydroxylation sites is 1. The monoisotopic (exact) mass is 375 g/mol. The van der Waals surface area contributed by atoms with Gasteiger partial charge in [-0.15, -0.1) is 4.40 Å². The number of sulfonamides is 1. The zero-order valence-corrected chi connectivity index (χ0v) is 15.1. The summed E-state index contributed by atoms with van der Waals surface area (Å²) in [5.41, 5.74) is 1.67. The second-order valence-corrected chi connectivity index (χ2v) is 8.26. The molecular formula is C18H18ClN3O2S. The lowest BCUT2D eigenvalue weighted by Crippen LogP contribution is -2.35. The maximum atomic E-state index is 12.4. The topological polar surface area (TPSA) is 61.8 Å². The van der Waals surface area contributed by atoms with Crippen LogP contribution in [0, 0.1) is 0 Å². The molecule has 5 nitrogen and oxygen atoms in total. The van der Waals surface area contributed by atoms with Gasteiger partial charge in [0, 0.05) is 11.1 Å². The predicted molar refractivity (Wildman–Crippen MR) is 99.7 cm³/mol. The molecule has 0 bridgehead atoms. The van der Waals surface area contributed by atoms with Gasteiger partial charge in [0.2, 0.25) is 0 Å². The Morgan fingerprint density at radius 2 is 1.92 bits per heavy atom.